The molecule has 0 aliphatic heterocycles. The van der Waals surface area contributed by atoms with Crippen molar-refractivity contribution in [3.63, 3.8) is 0 Å². The molecule has 1 N–H and O–H groups in total. The van der Waals surface area contributed by atoms with E-state index in [2.05, 4.69) is 36.2 Å². The first-order chi connectivity index (χ1) is 13.5. The van der Waals surface area contributed by atoms with Crippen LogP contribution in [-0.2, 0) is 6.54 Å². The number of nitrogens with zero attached hydrogens (tertiary/aromatic N) is 2. The van der Waals surface area contributed by atoms with E-state index in [1.54, 1.807) is 18.2 Å². The van der Waals surface area contributed by atoms with Gasteiger partial charge in [0.15, 0.2) is 0 Å². The summed E-state index contributed by atoms with van der Waals surface area (Å²) in [6, 6.07) is 17.1. The topological polar surface area (TPSA) is 66.1 Å². The second-order valence-corrected chi connectivity index (χ2v) is 6.98. The first kappa shape index (κ1) is 19.5. The number of carbonyl (C=O) groups excluding carboxylic acids is 1. The highest BCUT2D eigenvalue weighted by Crippen LogP contribution is 2.19. The third kappa shape index (κ3) is 4.36. The van der Waals surface area contributed by atoms with E-state index < -0.39 is 0 Å². The van der Waals surface area contributed by atoms with Crippen molar-refractivity contribution in [1.82, 2.24) is 15.1 Å². The summed E-state index contributed by atoms with van der Waals surface area (Å²) in [6.07, 6.45) is 0.890. The van der Waals surface area contributed by atoms with Gasteiger partial charge in [-0.15, -0.1) is 0 Å². The Morgan fingerprint density at radius 3 is 2.46 bits per heavy atom. The molecule has 1 heterocycles. The lowest BCUT2D eigenvalue weighted by Gasteiger charge is -2.23. The van der Waals surface area contributed by atoms with E-state index in [1.807, 2.05) is 36.1 Å². The first-order valence-electron chi connectivity index (χ1n) is 9.50. The van der Waals surface area contributed by atoms with Gasteiger partial charge in [-0.05, 0) is 55.2 Å². The van der Waals surface area contributed by atoms with Crippen LogP contribution in [0.2, 0.25) is 0 Å². The van der Waals surface area contributed by atoms with Crippen LogP contribution in [0, 0.1) is 13.8 Å². The van der Waals surface area contributed by atoms with Crippen LogP contribution in [0.4, 0.5) is 0 Å². The normalized spacial score (nSPS) is 10.7. The molecule has 0 unspecified atom stereocenters. The Labute approximate surface area is 165 Å². The Bertz CT molecular complexity index is 1020. The number of hydrogen-bond donors (Lipinski definition) is 1. The van der Waals surface area contributed by atoms with Crippen LogP contribution in [0.5, 0.6) is 0 Å². The van der Waals surface area contributed by atoms with Gasteiger partial charge in [-0.25, -0.2) is 5.10 Å². The highest BCUT2D eigenvalue weighted by atomic mass is 16.2. The van der Waals surface area contributed by atoms with Crippen LogP contribution in [0.1, 0.15) is 40.5 Å². The fourth-order valence-electron chi connectivity index (χ4n) is 3.21. The third-order valence-corrected chi connectivity index (χ3v) is 4.78. The molecule has 5 heteroatoms. The average Bonchev–Trinajstić information content (AvgIpc) is 2.70. The van der Waals surface area contributed by atoms with Gasteiger partial charge in [0.2, 0.25) is 0 Å². The quantitative estimate of drug-likeness (QED) is 0.705. The van der Waals surface area contributed by atoms with Gasteiger partial charge in [-0.3, -0.25) is 9.59 Å². The maximum atomic E-state index is 13.1. The van der Waals surface area contributed by atoms with Crippen LogP contribution in [0.15, 0.2) is 59.4 Å². The number of hydrogen-bond acceptors (Lipinski definition) is 3. The fourth-order valence-corrected chi connectivity index (χ4v) is 3.21. The van der Waals surface area contributed by atoms with Crippen molar-refractivity contribution < 1.29 is 4.79 Å². The number of aromatic nitrogens is 2. The molecule has 0 aliphatic carbocycles. The van der Waals surface area contributed by atoms with Gasteiger partial charge >= 0.3 is 0 Å². The average molecular weight is 375 g/mol. The molecular weight excluding hydrogens is 350 g/mol. The molecule has 3 rings (SSSR count). The molecule has 0 bridgehead atoms. The third-order valence-electron chi connectivity index (χ3n) is 4.78. The van der Waals surface area contributed by atoms with E-state index >= 15 is 0 Å². The molecule has 1 amide bonds. The lowest BCUT2D eigenvalue weighted by atomic mass is 10.0. The fraction of sp³-hybridized carbons (Fsp3) is 0.261. The summed E-state index contributed by atoms with van der Waals surface area (Å²) in [5, 5.41) is 6.39. The van der Waals surface area contributed by atoms with Gasteiger partial charge in [0.25, 0.3) is 11.5 Å². The van der Waals surface area contributed by atoms with Crippen LogP contribution in [0.3, 0.4) is 0 Å². The number of nitrogens with one attached hydrogen (secondary N) is 1. The molecule has 0 spiro atoms. The van der Waals surface area contributed by atoms with Crippen molar-refractivity contribution in [2.45, 2.75) is 33.7 Å². The Morgan fingerprint density at radius 1 is 1.07 bits per heavy atom. The summed E-state index contributed by atoms with van der Waals surface area (Å²) in [5.41, 5.74) is 4.77. The summed E-state index contributed by atoms with van der Waals surface area (Å²) in [4.78, 5) is 27.0. The minimum Gasteiger partial charge on any atom is -0.334 e. The van der Waals surface area contributed by atoms with Crippen LogP contribution >= 0.6 is 0 Å². The van der Waals surface area contributed by atoms with Crippen molar-refractivity contribution in [3.05, 3.63) is 87.3 Å². The zero-order valence-corrected chi connectivity index (χ0v) is 16.5. The predicted molar refractivity (Wildman–Crippen MR) is 111 cm³/mol. The molecule has 5 nitrogen and oxygen atoms in total. The summed E-state index contributed by atoms with van der Waals surface area (Å²) in [7, 11) is 0. The molecule has 2 aromatic carbocycles. The second-order valence-electron chi connectivity index (χ2n) is 6.98. The van der Waals surface area contributed by atoms with E-state index in [0.29, 0.717) is 24.2 Å². The number of rotatable bonds is 6. The Hall–Kier alpha value is -3.21. The lowest BCUT2D eigenvalue weighted by molar-refractivity contribution is 0.0743. The van der Waals surface area contributed by atoms with Gasteiger partial charge in [-0.2, -0.15) is 5.10 Å². The van der Waals surface area contributed by atoms with Crippen molar-refractivity contribution in [2.75, 3.05) is 6.54 Å². The van der Waals surface area contributed by atoms with Crippen LogP contribution < -0.4 is 5.56 Å². The standard InChI is InChI=1S/C23H25N3O2/c1-4-13-26(15-20-8-6-5-7-16(20)2)23(28)19-11-9-18(10-12-19)21-14-17(3)24-25-22(21)27/h5-12,14H,4,13,15H2,1-3H3,(H,25,27). The van der Waals surface area contributed by atoms with Gasteiger partial charge < -0.3 is 4.90 Å². The summed E-state index contributed by atoms with van der Waals surface area (Å²) in [5.74, 6) is -0.00327. The van der Waals surface area contributed by atoms with Crippen LogP contribution in [0.25, 0.3) is 11.1 Å². The van der Waals surface area contributed by atoms with E-state index in [1.165, 1.54) is 5.56 Å². The highest BCUT2D eigenvalue weighted by Gasteiger charge is 2.16. The van der Waals surface area contributed by atoms with E-state index in [0.717, 1.165) is 23.2 Å². The zero-order chi connectivity index (χ0) is 20.1. The monoisotopic (exact) mass is 375 g/mol. The molecule has 0 fully saturated rings. The largest absolute Gasteiger partial charge is 0.334 e. The van der Waals surface area contributed by atoms with E-state index in [4.69, 9.17) is 0 Å². The number of amides is 1. The predicted octanol–water partition coefficient (Wildman–Crippen LogP) is 4.11. The van der Waals surface area contributed by atoms with Crippen molar-refractivity contribution in [1.29, 1.82) is 0 Å². The highest BCUT2D eigenvalue weighted by molar-refractivity contribution is 5.94. The molecule has 144 valence electrons. The smallest absolute Gasteiger partial charge is 0.272 e. The zero-order valence-electron chi connectivity index (χ0n) is 16.5. The summed E-state index contributed by atoms with van der Waals surface area (Å²) < 4.78 is 0. The molecule has 3 aromatic rings. The van der Waals surface area contributed by atoms with E-state index in [-0.39, 0.29) is 11.5 Å². The lowest BCUT2D eigenvalue weighted by Crippen LogP contribution is -2.31. The maximum Gasteiger partial charge on any atom is 0.272 e. The number of aromatic amines is 1. The SMILES string of the molecule is CCCN(Cc1ccccc1C)C(=O)c1ccc(-c2cc(C)n[nH]c2=O)cc1. The molecule has 1 aromatic heterocycles. The Kier molecular flexibility index (Phi) is 6.04. The number of aryl methyl sites for hydroxylation is 2. The molecule has 0 radical (unpaired) electrons. The number of H-pyrrole nitrogens is 1. The molecule has 0 atom stereocenters. The molecule has 0 saturated carbocycles. The first-order valence-corrected chi connectivity index (χ1v) is 9.50. The molecular formula is C23H25N3O2. The minimum atomic E-state index is -0.239. The molecule has 28 heavy (non-hydrogen) atoms. The summed E-state index contributed by atoms with van der Waals surface area (Å²) in [6.45, 7) is 7.24. The van der Waals surface area contributed by atoms with Gasteiger partial charge in [-0.1, -0.05) is 43.3 Å². The maximum absolute atomic E-state index is 13.1. The van der Waals surface area contributed by atoms with Crippen molar-refractivity contribution >= 4 is 5.91 Å². The van der Waals surface area contributed by atoms with Gasteiger partial charge in [0.1, 0.15) is 0 Å². The second kappa shape index (κ2) is 8.65. The minimum absolute atomic E-state index is 0.00327. The van der Waals surface area contributed by atoms with Crippen LogP contribution in [-0.4, -0.2) is 27.5 Å². The summed E-state index contributed by atoms with van der Waals surface area (Å²) >= 11 is 0. The van der Waals surface area contributed by atoms with Gasteiger partial charge in [0, 0.05) is 18.7 Å². The van der Waals surface area contributed by atoms with Gasteiger partial charge in [0.05, 0.1) is 11.3 Å². The van der Waals surface area contributed by atoms with Crippen molar-refractivity contribution in [2.24, 2.45) is 0 Å². The molecule has 0 saturated heterocycles. The van der Waals surface area contributed by atoms with Crippen molar-refractivity contribution in [3.8, 4) is 11.1 Å². The number of benzene rings is 2. The Morgan fingerprint density at radius 2 is 1.79 bits per heavy atom. The van der Waals surface area contributed by atoms with E-state index in [9.17, 15) is 9.59 Å². The Balaban J connectivity index is 1.84. The number of carbonyl (C=O) groups is 1. The molecule has 0 aliphatic rings.